The summed E-state index contributed by atoms with van der Waals surface area (Å²) in [6, 6.07) is 0. The van der Waals surface area contributed by atoms with Crippen molar-refractivity contribution in [2.24, 2.45) is 0 Å². The summed E-state index contributed by atoms with van der Waals surface area (Å²) in [5.41, 5.74) is 0. The number of halogens is 1. The van der Waals surface area contributed by atoms with Gasteiger partial charge in [0, 0.05) is 6.42 Å². The molecule has 0 atom stereocenters. The van der Waals surface area contributed by atoms with Gasteiger partial charge < -0.3 is 0 Å². The van der Waals surface area contributed by atoms with Crippen LogP contribution in [-0.4, -0.2) is 9.36 Å². The van der Waals surface area contributed by atoms with E-state index in [4.69, 9.17) is 0 Å². The van der Waals surface area contributed by atoms with Gasteiger partial charge in [-0.3, -0.25) is 0 Å². The van der Waals surface area contributed by atoms with Crippen LogP contribution in [0.2, 0.25) is 0 Å². The highest BCUT2D eigenvalue weighted by Crippen LogP contribution is 2.12. The average molecular weight is 235 g/mol. The van der Waals surface area contributed by atoms with Crippen molar-refractivity contribution in [2.45, 2.75) is 32.6 Å². The first-order chi connectivity index (χ1) is 5.33. The molecule has 2 nitrogen and oxygen atoms in total. The zero-order valence-corrected chi connectivity index (χ0v) is 8.91. The second-order valence-electron chi connectivity index (χ2n) is 2.41. The van der Waals surface area contributed by atoms with Crippen molar-refractivity contribution < 1.29 is 0 Å². The molecule has 0 N–H and O–H groups in total. The summed E-state index contributed by atoms with van der Waals surface area (Å²) < 4.78 is 4.77. The highest BCUT2D eigenvalue weighted by atomic mass is 79.9. The van der Waals surface area contributed by atoms with Gasteiger partial charge in [-0.15, -0.1) is 0 Å². The summed E-state index contributed by atoms with van der Waals surface area (Å²) in [5.74, 6) is 0. The van der Waals surface area contributed by atoms with Crippen LogP contribution in [0.15, 0.2) is 4.73 Å². The molecule has 0 spiro atoms. The van der Waals surface area contributed by atoms with Gasteiger partial charge in [0.2, 0.25) is 4.73 Å². The third kappa shape index (κ3) is 3.29. The molecule has 0 aliphatic carbocycles. The lowest BCUT2D eigenvalue weighted by atomic mass is 10.2. The molecule has 0 saturated heterocycles. The first-order valence-corrected chi connectivity index (χ1v) is 5.37. The quantitative estimate of drug-likeness (QED) is 0.749. The molecule has 1 heterocycles. The van der Waals surface area contributed by atoms with Gasteiger partial charge in [-0.05, 0) is 33.9 Å². The van der Waals surface area contributed by atoms with Crippen molar-refractivity contribution in [3.63, 3.8) is 0 Å². The molecule has 1 aromatic heterocycles. The van der Waals surface area contributed by atoms with E-state index in [1.54, 1.807) is 0 Å². The Morgan fingerprint density at radius 2 is 2.27 bits per heavy atom. The summed E-state index contributed by atoms with van der Waals surface area (Å²) >= 11 is 4.72. The minimum Gasteiger partial charge on any atom is -0.214 e. The maximum Gasteiger partial charge on any atom is 0.209 e. The Kier molecular flexibility index (Phi) is 4.01. The minimum absolute atomic E-state index is 0.731. The predicted molar refractivity (Wildman–Crippen MR) is 50.8 cm³/mol. The SMILES string of the molecule is CCCCCc1nc(Br)ns1. The van der Waals surface area contributed by atoms with Crippen LogP contribution in [0.4, 0.5) is 0 Å². The van der Waals surface area contributed by atoms with E-state index in [1.807, 2.05) is 0 Å². The van der Waals surface area contributed by atoms with Crippen molar-refractivity contribution in [3.05, 3.63) is 9.74 Å². The van der Waals surface area contributed by atoms with Gasteiger partial charge in [0.1, 0.15) is 5.01 Å². The van der Waals surface area contributed by atoms with Gasteiger partial charge in [-0.25, -0.2) is 4.98 Å². The fraction of sp³-hybridized carbons (Fsp3) is 0.714. The Morgan fingerprint density at radius 1 is 1.45 bits per heavy atom. The second-order valence-corrected chi connectivity index (χ2v) is 3.96. The minimum atomic E-state index is 0.731. The normalized spacial score (nSPS) is 10.4. The van der Waals surface area contributed by atoms with Gasteiger partial charge in [0.15, 0.2) is 0 Å². The molecule has 0 aromatic carbocycles. The zero-order chi connectivity index (χ0) is 8.10. The van der Waals surface area contributed by atoms with Crippen molar-refractivity contribution in [1.29, 1.82) is 0 Å². The number of rotatable bonds is 4. The third-order valence-corrected chi connectivity index (χ3v) is 2.80. The molecule has 0 fully saturated rings. The summed E-state index contributed by atoms with van der Waals surface area (Å²) in [4.78, 5) is 4.21. The topological polar surface area (TPSA) is 25.8 Å². The molecule has 0 aliphatic heterocycles. The fourth-order valence-corrected chi connectivity index (χ4v) is 1.99. The lowest BCUT2D eigenvalue weighted by molar-refractivity contribution is 0.714. The van der Waals surface area contributed by atoms with Crippen molar-refractivity contribution >= 4 is 27.5 Å². The van der Waals surface area contributed by atoms with E-state index in [0.29, 0.717) is 0 Å². The predicted octanol–water partition coefficient (Wildman–Crippen LogP) is 3.03. The van der Waals surface area contributed by atoms with Gasteiger partial charge in [-0.1, -0.05) is 19.8 Å². The van der Waals surface area contributed by atoms with Gasteiger partial charge in [0.05, 0.1) is 0 Å². The van der Waals surface area contributed by atoms with Crippen molar-refractivity contribution in [1.82, 2.24) is 9.36 Å². The number of unbranched alkanes of at least 4 members (excludes halogenated alkanes) is 2. The number of nitrogens with zero attached hydrogens (tertiary/aromatic N) is 2. The largest absolute Gasteiger partial charge is 0.214 e. The number of hydrogen-bond acceptors (Lipinski definition) is 3. The first kappa shape index (κ1) is 9.13. The lowest BCUT2D eigenvalue weighted by Gasteiger charge is -1.91. The van der Waals surface area contributed by atoms with Gasteiger partial charge in [-0.2, -0.15) is 4.37 Å². The Morgan fingerprint density at radius 3 is 2.82 bits per heavy atom. The molecule has 4 heteroatoms. The van der Waals surface area contributed by atoms with E-state index < -0.39 is 0 Å². The molecule has 0 amide bonds. The van der Waals surface area contributed by atoms with E-state index in [0.717, 1.165) is 16.2 Å². The molecule has 0 bridgehead atoms. The van der Waals surface area contributed by atoms with Crippen molar-refractivity contribution in [2.75, 3.05) is 0 Å². The molecule has 62 valence electrons. The van der Waals surface area contributed by atoms with Crippen LogP contribution < -0.4 is 0 Å². The molecule has 1 aromatic rings. The molecule has 11 heavy (non-hydrogen) atoms. The zero-order valence-electron chi connectivity index (χ0n) is 6.51. The molecular weight excluding hydrogens is 224 g/mol. The number of aromatic nitrogens is 2. The Hall–Kier alpha value is 0.0400. The van der Waals surface area contributed by atoms with E-state index in [-0.39, 0.29) is 0 Å². The molecule has 0 radical (unpaired) electrons. The highest BCUT2D eigenvalue weighted by Gasteiger charge is 1.99. The summed E-state index contributed by atoms with van der Waals surface area (Å²) in [5, 5.41) is 1.14. The third-order valence-electron chi connectivity index (χ3n) is 1.44. The van der Waals surface area contributed by atoms with Crippen LogP contribution in [-0.2, 0) is 6.42 Å². The van der Waals surface area contributed by atoms with Crippen molar-refractivity contribution in [3.8, 4) is 0 Å². The summed E-state index contributed by atoms with van der Waals surface area (Å²) in [6.07, 6.45) is 4.87. The van der Waals surface area contributed by atoms with Crippen LogP contribution in [0.1, 0.15) is 31.2 Å². The smallest absolute Gasteiger partial charge is 0.209 e. The standard InChI is InChI=1S/C7H11BrN2S/c1-2-3-4-5-6-9-7(8)10-11-6/h2-5H2,1H3. The fourth-order valence-electron chi connectivity index (χ4n) is 0.862. The molecular formula is C7H11BrN2S. The van der Waals surface area contributed by atoms with E-state index >= 15 is 0 Å². The molecule has 1 rings (SSSR count). The maximum absolute atomic E-state index is 4.21. The number of hydrogen-bond donors (Lipinski definition) is 0. The molecule has 0 unspecified atom stereocenters. The Labute approximate surface area is 79.3 Å². The van der Waals surface area contributed by atoms with E-state index in [2.05, 4.69) is 32.2 Å². The first-order valence-electron chi connectivity index (χ1n) is 3.81. The lowest BCUT2D eigenvalue weighted by Crippen LogP contribution is -1.82. The number of aryl methyl sites for hydroxylation is 1. The summed E-state index contributed by atoms with van der Waals surface area (Å²) in [6.45, 7) is 2.20. The Balaban J connectivity index is 2.27. The van der Waals surface area contributed by atoms with E-state index in [9.17, 15) is 0 Å². The van der Waals surface area contributed by atoms with Crippen LogP contribution in [0.3, 0.4) is 0 Å². The monoisotopic (exact) mass is 234 g/mol. The average Bonchev–Trinajstić information content (AvgIpc) is 2.37. The second kappa shape index (κ2) is 4.83. The van der Waals surface area contributed by atoms with Gasteiger partial charge in [0.25, 0.3) is 0 Å². The molecule has 0 saturated carbocycles. The Bertz CT molecular complexity index is 212. The molecule has 0 aliphatic rings. The van der Waals surface area contributed by atoms with E-state index in [1.165, 1.54) is 30.8 Å². The van der Waals surface area contributed by atoms with Crippen LogP contribution in [0.5, 0.6) is 0 Å². The van der Waals surface area contributed by atoms with Crippen LogP contribution in [0, 0.1) is 0 Å². The maximum atomic E-state index is 4.21. The van der Waals surface area contributed by atoms with Crippen LogP contribution in [0.25, 0.3) is 0 Å². The highest BCUT2D eigenvalue weighted by molar-refractivity contribution is 9.10. The van der Waals surface area contributed by atoms with Crippen LogP contribution >= 0.6 is 27.5 Å². The van der Waals surface area contributed by atoms with Gasteiger partial charge >= 0.3 is 0 Å². The summed E-state index contributed by atoms with van der Waals surface area (Å²) in [7, 11) is 0.